The van der Waals surface area contributed by atoms with Gasteiger partial charge in [-0.1, -0.05) is 32.4 Å². The summed E-state index contributed by atoms with van der Waals surface area (Å²) in [6.07, 6.45) is 0.767. The van der Waals surface area contributed by atoms with Crippen LogP contribution in [0.1, 0.15) is 36.8 Å². The topological polar surface area (TPSA) is 36.4 Å². The van der Waals surface area contributed by atoms with E-state index < -0.39 is 0 Å². The normalized spacial score (nSPS) is 11.2. The first kappa shape index (κ1) is 17.9. The van der Waals surface area contributed by atoms with Gasteiger partial charge < -0.3 is 9.80 Å². The molecular weight excluding hydrogens is 286 g/mol. The molecule has 0 bridgehead atoms. The SMILES string of the molecule is CCc1cc(C(=O)N(CCN(C)C)CC(C)C)cc(Cl)n1. The number of carbonyl (C=O) groups excluding carboxylic acids is 1. The van der Waals surface area contributed by atoms with E-state index in [-0.39, 0.29) is 5.91 Å². The van der Waals surface area contributed by atoms with E-state index in [0.717, 1.165) is 25.2 Å². The van der Waals surface area contributed by atoms with Crippen molar-refractivity contribution in [1.29, 1.82) is 0 Å². The summed E-state index contributed by atoms with van der Waals surface area (Å²) in [4.78, 5) is 20.9. The standard InChI is InChI=1S/C16H26ClN3O/c1-6-14-9-13(10-15(17)18-14)16(21)20(11-12(2)3)8-7-19(4)5/h9-10,12H,6-8,11H2,1-5H3. The van der Waals surface area contributed by atoms with Gasteiger partial charge in [0.05, 0.1) is 0 Å². The van der Waals surface area contributed by atoms with Crippen LogP contribution in [-0.4, -0.2) is 54.4 Å². The number of aromatic nitrogens is 1. The second-order valence-electron chi connectivity index (χ2n) is 5.97. The van der Waals surface area contributed by atoms with Crippen LogP contribution >= 0.6 is 11.6 Å². The number of likely N-dealkylation sites (N-methyl/N-ethyl adjacent to an activating group) is 1. The number of hydrogen-bond acceptors (Lipinski definition) is 3. The Morgan fingerprint density at radius 2 is 1.95 bits per heavy atom. The highest BCUT2D eigenvalue weighted by atomic mass is 35.5. The highest BCUT2D eigenvalue weighted by Gasteiger charge is 2.18. The molecule has 0 aliphatic heterocycles. The summed E-state index contributed by atoms with van der Waals surface area (Å²) in [5, 5.41) is 0.384. The molecular formula is C16H26ClN3O. The molecule has 118 valence electrons. The van der Waals surface area contributed by atoms with Gasteiger partial charge in [-0.3, -0.25) is 4.79 Å². The van der Waals surface area contributed by atoms with Gasteiger partial charge in [0.15, 0.2) is 0 Å². The minimum absolute atomic E-state index is 0.0320. The molecule has 0 aliphatic carbocycles. The Morgan fingerprint density at radius 3 is 2.48 bits per heavy atom. The minimum Gasteiger partial charge on any atom is -0.337 e. The fraction of sp³-hybridized carbons (Fsp3) is 0.625. The van der Waals surface area contributed by atoms with Crippen LogP contribution in [0.4, 0.5) is 0 Å². The Labute approximate surface area is 133 Å². The highest BCUT2D eigenvalue weighted by molar-refractivity contribution is 6.29. The second-order valence-corrected chi connectivity index (χ2v) is 6.36. The molecule has 1 aromatic rings. The Balaban J connectivity index is 2.95. The third-order valence-corrected chi connectivity index (χ3v) is 3.34. The van der Waals surface area contributed by atoms with Gasteiger partial charge in [-0.2, -0.15) is 0 Å². The van der Waals surface area contributed by atoms with Crippen LogP contribution in [0.25, 0.3) is 0 Å². The van der Waals surface area contributed by atoms with Crippen molar-refractivity contribution in [1.82, 2.24) is 14.8 Å². The molecule has 0 N–H and O–H groups in total. The number of pyridine rings is 1. The smallest absolute Gasteiger partial charge is 0.254 e. The van der Waals surface area contributed by atoms with Crippen LogP contribution in [0.2, 0.25) is 5.15 Å². The summed E-state index contributed by atoms with van der Waals surface area (Å²) < 4.78 is 0. The fourth-order valence-corrected chi connectivity index (χ4v) is 2.30. The number of nitrogens with zero attached hydrogens (tertiary/aromatic N) is 3. The lowest BCUT2D eigenvalue weighted by molar-refractivity contribution is 0.0724. The first-order valence-corrected chi connectivity index (χ1v) is 7.81. The predicted molar refractivity (Wildman–Crippen MR) is 87.9 cm³/mol. The molecule has 0 saturated carbocycles. The Hall–Kier alpha value is -1.13. The zero-order chi connectivity index (χ0) is 16.0. The van der Waals surface area contributed by atoms with Crippen LogP contribution in [0.3, 0.4) is 0 Å². The van der Waals surface area contributed by atoms with Crippen molar-refractivity contribution < 1.29 is 4.79 Å². The molecule has 0 saturated heterocycles. The number of halogens is 1. The second kappa shape index (κ2) is 8.35. The summed E-state index contributed by atoms with van der Waals surface area (Å²) in [6, 6.07) is 3.50. The monoisotopic (exact) mass is 311 g/mol. The number of carbonyl (C=O) groups is 1. The molecule has 1 aromatic heterocycles. The van der Waals surface area contributed by atoms with E-state index in [4.69, 9.17) is 11.6 Å². The third-order valence-electron chi connectivity index (χ3n) is 3.15. The lowest BCUT2D eigenvalue weighted by atomic mass is 10.1. The van der Waals surface area contributed by atoms with Gasteiger partial charge in [-0.15, -0.1) is 0 Å². The average Bonchev–Trinajstić information content (AvgIpc) is 2.41. The number of hydrogen-bond donors (Lipinski definition) is 0. The van der Waals surface area contributed by atoms with Crippen molar-refractivity contribution in [2.75, 3.05) is 33.7 Å². The molecule has 1 amide bonds. The van der Waals surface area contributed by atoms with E-state index in [0.29, 0.717) is 23.2 Å². The molecule has 0 radical (unpaired) electrons. The maximum Gasteiger partial charge on any atom is 0.254 e. The molecule has 21 heavy (non-hydrogen) atoms. The Morgan fingerprint density at radius 1 is 1.29 bits per heavy atom. The number of rotatable bonds is 7. The van der Waals surface area contributed by atoms with Crippen molar-refractivity contribution in [2.45, 2.75) is 27.2 Å². The summed E-state index contributed by atoms with van der Waals surface area (Å²) in [7, 11) is 4.02. The van der Waals surface area contributed by atoms with Gasteiger partial charge >= 0.3 is 0 Å². The van der Waals surface area contributed by atoms with Gasteiger partial charge in [0.25, 0.3) is 5.91 Å². The molecule has 0 fully saturated rings. The first-order valence-electron chi connectivity index (χ1n) is 7.44. The van der Waals surface area contributed by atoms with Crippen LogP contribution in [0, 0.1) is 5.92 Å². The maximum atomic E-state index is 12.7. The molecule has 1 rings (SSSR count). The minimum atomic E-state index is 0.0320. The van der Waals surface area contributed by atoms with Crippen molar-refractivity contribution in [3.05, 3.63) is 28.5 Å². The molecule has 0 spiro atoms. The molecule has 0 aliphatic rings. The van der Waals surface area contributed by atoms with Crippen molar-refractivity contribution in [3.63, 3.8) is 0 Å². The summed E-state index contributed by atoms with van der Waals surface area (Å²) >= 11 is 6.02. The molecule has 1 heterocycles. The van der Waals surface area contributed by atoms with E-state index in [1.165, 1.54) is 0 Å². The van der Waals surface area contributed by atoms with Crippen LogP contribution in [-0.2, 0) is 6.42 Å². The highest BCUT2D eigenvalue weighted by Crippen LogP contribution is 2.14. The molecule has 0 unspecified atom stereocenters. The summed E-state index contributed by atoms with van der Waals surface area (Å²) in [6.45, 7) is 8.54. The average molecular weight is 312 g/mol. The van der Waals surface area contributed by atoms with Crippen LogP contribution in [0.5, 0.6) is 0 Å². The van der Waals surface area contributed by atoms with E-state index in [9.17, 15) is 4.79 Å². The van der Waals surface area contributed by atoms with E-state index in [1.807, 2.05) is 32.0 Å². The van der Waals surface area contributed by atoms with Crippen molar-refractivity contribution >= 4 is 17.5 Å². The van der Waals surface area contributed by atoms with Gasteiger partial charge in [0.2, 0.25) is 0 Å². The predicted octanol–water partition coefficient (Wildman–Crippen LogP) is 2.96. The molecule has 0 aromatic carbocycles. The van der Waals surface area contributed by atoms with Gasteiger partial charge in [0, 0.05) is 30.9 Å². The zero-order valence-electron chi connectivity index (χ0n) is 13.7. The third kappa shape index (κ3) is 6.02. The van der Waals surface area contributed by atoms with Crippen LogP contribution < -0.4 is 0 Å². The summed E-state index contributed by atoms with van der Waals surface area (Å²) in [5.74, 6) is 0.462. The van der Waals surface area contributed by atoms with Crippen molar-refractivity contribution in [3.8, 4) is 0 Å². The number of aryl methyl sites for hydroxylation is 1. The quantitative estimate of drug-likeness (QED) is 0.726. The van der Waals surface area contributed by atoms with E-state index in [2.05, 4.69) is 23.7 Å². The Bertz CT molecular complexity index is 475. The maximum absolute atomic E-state index is 12.7. The molecule has 4 nitrogen and oxygen atoms in total. The van der Waals surface area contributed by atoms with Crippen LogP contribution in [0.15, 0.2) is 12.1 Å². The lowest BCUT2D eigenvalue weighted by Gasteiger charge is -2.26. The van der Waals surface area contributed by atoms with E-state index in [1.54, 1.807) is 6.07 Å². The van der Waals surface area contributed by atoms with Gasteiger partial charge in [0.1, 0.15) is 5.15 Å². The largest absolute Gasteiger partial charge is 0.337 e. The summed E-state index contributed by atoms with van der Waals surface area (Å²) in [5.41, 5.74) is 1.48. The van der Waals surface area contributed by atoms with Gasteiger partial charge in [-0.05, 0) is 38.6 Å². The first-order chi connectivity index (χ1) is 9.83. The van der Waals surface area contributed by atoms with Gasteiger partial charge in [-0.25, -0.2) is 4.98 Å². The molecule has 5 heteroatoms. The van der Waals surface area contributed by atoms with Crippen molar-refractivity contribution in [2.24, 2.45) is 5.92 Å². The fourth-order valence-electron chi connectivity index (χ4n) is 2.08. The zero-order valence-corrected chi connectivity index (χ0v) is 14.4. The lowest BCUT2D eigenvalue weighted by Crippen LogP contribution is -2.39. The molecule has 0 atom stereocenters. The number of amides is 1. The van der Waals surface area contributed by atoms with E-state index >= 15 is 0 Å². The Kier molecular flexibility index (Phi) is 7.12.